The molecular weight excluding hydrogens is 323 g/mol. The number of anilines is 1. The van der Waals surface area contributed by atoms with Gasteiger partial charge >= 0.3 is 12.1 Å². The fourth-order valence-corrected chi connectivity index (χ4v) is 3.02. The van der Waals surface area contributed by atoms with Gasteiger partial charge in [-0.15, -0.1) is 0 Å². The first-order valence-corrected chi connectivity index (χ1v) is 7.99. The number of aliphatic carboxylic acids is 1. The van der Waals surface area contributed by atoms with Gasteiger partial charge in [-0.3, -0.25) is 9.59 Å². The molecule has 4 nitrogen and oxygen atoms in total. The largest absolute Gasteiger partial charge is 0.481 e. The lowest BCUT2D eigenvalue weighted by Gasteiger charge is -2.36. The highest BCUT2D eigenvalue weighted by molar-refractivity contribution is 5.98. The lowest BCUT2D eigenvalue weighted by atomic mass is 9.73. The molecule has 7 heteroatoms. The Hall–Kier alpha value is -2.05. The van der Waals surface area contributed by atoms with Gasteiger partial charge in [0.25, 0.3) is 0 Å². The van der Waals surface area contributed by atoms with Gasteiger partial charge < -0.3 is 10.0 Å². The predicted octanol–water partition coefficient (Wildman–Crippen LogP) is 3.56. The van der Waals surface area contributed by atoms with Crippen LogP contribution in [0.25, 0.3) is 0 Å². The van der Waals surface area contributed by atoms with Gasteiger partial charge in [-0.25, -0.2) is 0 Å². The van der Waals surface area contributed by atoms with E-state index < -0.39 is 29.5 Å². The summed E-state index contributed by atoms with van der Waals surface area (Å²) < 4.78 is 38.8. The van der Waals surface area contributed by atoms with Crippen LogP contribution in [0.15, 0.2) is 24.3 Å². The average Bonchev–Trinajstić information content (AvgIpc) is 3.26. The summed E-state index contributed by atoms with van der Waals surface area (Å²) in [6, 6.07) is 4.69. The van der Waals surface area contributed by atoms with Crippen LogP contribution < -0.4 is 4.90 Å². The van der Waals surface area contributed by atoms with Gasteiger partial charge in [0.2, 0.25) is 5.91 Å². The van der Waals surface area contributed by atoms with Gasteiger partial charge in [-0.2, -0.15) is 13.2 Å². The maximum atomic E-state index is 12.9. The molecule has 2 aliphatic carbocycles. The Bertz CT molecular complexity index is 655. The zero-order chi connectivity index (χ0) is 17.5. The van der Waals surface area contributed by atoms with Crippen molar-refractivity contribution in [1.29, 1.82) is 0 Å². The second-order valence-electron chi connectivity index (χ2n) is 6.57. The summed E-state index contributed by atoms with van der Waals surface area (Å²) in [5.74, 6) is -2.48. The smallest absolute Gasteiger partial charge is 0.416 e. The monoisotopic (exact) mass is 341 g/mol. The number of rotatable bonds is 5. The minimum Gasteiger partial charge on any atom is -0.481 e. The molecule has 0 aromatic heterocycles. The molecule has 0 bridgehead atoms. The number of halogens is 3. The SMILES string of the molecule is O=C(O)[C@@H]1CC[C@H]1C(=O)N(CC1CC1)c1cccc(C(F)(F)F)c1. The molecule has 0 spiro atoms. The Morgan fingerprint density at radius 2 is 1.79 bits per heavy atom. The highest BCUT2D eigenvalue weighted by Crippen LogP contribution is 2.40. The normalized spacial score (nSPS) is 23.5. The minimum atomic E-state index is -4.48. The second kappa shape index (κ2) is 6.11. The lowest BCUT2D eigenvalue weighted by molar-refractivity contribution is -0.152. The Morgan fingerprint density at radius 3 is 2.29 bits per heavy atom. The van der Waals surface area contributed by atoms with E-state index in [9.17, 15) is 22.8 Å². The third-order valence-corrected chi connectivity index (χ3v) is 4.80. The first kappa shape index (κ1) is 16.8. The summed E-state index contributed by atoms with van der Waals surface area (Å²) in [6.45, 7) is 0.350. The first-order chi connectivity index (χ1) is 11.3. The van der Waals surface area contributed by atoms with Crippen molar-refractivity contribution in [2.24, 2.45) is 17.8 Å². The van der Waals surface area contributed by atoms with E-state index in [1.54, 1.807) is 0 Å². The van der Waals surface area contributed by atoms with E-state index in [1.165, 1.54) is 17.0 Å². The molecule has 0 radical (unpaired) electrons. The molecule has 0 unspecified atom stereocenters. The molecule has 1 aromatic rings. The standard InChI is InChI=1S/C17H18F3NO3/c18-17(19,20)11-2-1-3-12(8-11)21(9-10-4-5-10)15(22)13-6-7-14(13)16(23)24/h1-3,8,10,13-14H,4-7,9H2,(H,23,24)/t13-,14-/m1/s1. The number of nitrogens with zero attached hydrogens (tertiary/aromatic N) is 1. The van der Waals surface area contributed by atoms with Crippen LogP contribution in [0.2, 0.25) is 0 Å². The fourth-order valence-electron chi connectivity index (χ4n) is 3.02. The number of benzene rings is 1. The Labute approximate surface area is 137 Å². The molecular formula is C17H18F3NO3. The third-order valence-electron chi connectivity index (χ3n) is 4.80. The summed E-state index contributed by atoms with van der Waals surface area (Å²) in [4.78, 5) is 25.3. The van der Waals surface area contributed by atoms with Crippen molar-refractivity contribution < 1.29 is 27.9 Å². The quantitative estimate of drug-likeness (QED) is 0.891. The van der Waals surface area contributed by atoms with Crippen LogP contribution in [0.4, 0.5) is 18.9 Å². The van der Waals surface area contributed by atoms with Gasteiger partial charge in [0.05, 0.1) is 17.4 Å². The maximum absolute atomic E-state index is 12.9. The summed E-state index contributed by atoms with van der Waals surface area (Å²) in [6.07, 6.45) is -1.70. The number of carboxylic acids is 1. The molecule has 2 atom stereocenters. The molecule has 1 aromatic carbocycles. The third kappa shape index (κ3) is 3.39. The summed E-state index contributed by atoms with van der Waals surface area (Å²) >= 11 is 0. The topological polar surface area (TPSA) is 57.6 Å². The van der Waals surface area contributed by atoms with Gasteiger partial charge in [0, 0.05) is 12.2 Å². The van der Waals surface area contributed by atoms with Crippen molar-refractivity contribution in [2.45, 2.75) is 31.9 Å². The van der Waals surface area contributed by atoms with Crippen LogP contribution in [0.1, 0.15) is 31.2 Å². The molecule has 0 aliphatic heterocycles. The second-order valence-corrected chi connectivity index (χ2v) is 6.57. The van der Waals surface area contributed by atoms with Crippen molar-refractivity contribution >= 4 is 17.6 Å². The van der Waals surface area contributed by atoms with Gasteiger partial charge in [0.1, 0.15) is 0 Å². The maximum Gasteiger partial charge on any atom is 0.416 e. The highest BCUT2D eigenvalue weighted by Gasteiger charge is 2.44. The van der Waals surface area contributed by atoms with E-state index in [1.807, 2.05) is 0 Å². The average molecular weight is 341 g/mol. The number of alkyl halides is 3. The van der Waals surface area contributed by atoms with E-state index >= 15 is 0 Å². The Balaban J connectivity index is 1.86. The minimum absolute atomic E-state index is 0.192. The number of hydrogen-bond acceptors (Lipinski definition) is 2. The molecule has 3 rings (SSSR count). The molecule has 0 saturated heterocycles. The van der Waals surface area contributed by atoms with Crippen LogP contribution in [0.5, 0.6) is 0 Å². The number of carbonyl (C=O) groups excluding carboxylic acids is 1. The molecule has 1 N–H and O–H groups in total. The molecule has 1 amide bonds. The van der Waals surface area contributed by atoms with Crippen molar-refractivity contribution in [1.82, 2.24) is 0 Å². The molecule has 2 aliphatic rings. The van der Waals surface area contributed by atoms with Crippen molar-refractivity contribution in [3.63, 3.8) is 0 Å². The summed E-state index contributed by atoms with van der Waals surface area (Å²) in [5.41, 5.74) is -0.616. The van der Waals surface area contributed by atoms with Crippen LogP contribution in [0.3, 0.4) is 0 Å². The highest BCUT2D eigenvalue weighted by atomic mass is 19.4. The van der Waals surface area contributed by atoms with Crippen molar-refractivity contribution in [3.8, 4) is 0 Å². The number of hydrogen-bond donors (Lipinski definition) is 1. The molecule has 130 valence electrons. The van der Waals surface area contributed by atoms with Crippen LogP contribution in [-0.4, -0.2) is 23.5 Å². The van der Waals surface area contributed by atoms with E-state index in [0.717, 1.165) is 25.0 Å². The molecule has 0 heterocycles. The van der Waals surface area contributed by atoms with E-state index in [4.69, 9.17) is 5.11 Å². The van der Waals surface area contributed by atoms with Gasteiger partial charge in [0.15, 0.2) is 0 Å². The van der Waals surface area contributed by atoms with Gasteiger partial charge in [-0.05, 0) is 49.8 Å². The first-order valence-electron chi connectivity index (χ1n) is 7.99. The zero-order valence-electron chi connectivity index (χ0n) is 12.9. The van der Waals surface area contributed by atoms with Crippen molar-refractivity contribution in [3.05, 3.63) is 29.8 Å². The van der Waals surface area contributed by atoms with Crippen LogP contribution in [0, 0.1) is 17.8 Å². The molecule has 2 fully saturated rings. The zero-order valence-corrected chi connectivity index (χ0v) is 12.9. The summed E-state index contributed by atoms with van der Waals surface area (Å²) in [5, 5.41) is 9.13. The Morgan fingerprint density at radius 1 is 1.12 bits per heavy atom. The van der Waals surface area contributed by atoms with Crippen LogP contribution >= 0.6 is 0 Å². The molecule has 24 heavy (non-hydrogen) atoms. The lowest BCUT2D eigenvalue weighted by Crippen LogP contribution is -2.47. The predicted molar refractivity (Wildman–Crippen MR) is 80.4 cm³/mol. The van der Waals surface area contributed by atoms with Crippen LogP contribution in [-0.2, 0) is 15.8 Å². The fraction of sp³-hybridized carbons (Fsp3) is 0.529. The number of amides is 1. The van der Waals surface area contributed by atoms with E-state index in [0.29, 0.717) is 19.4 Å². The van der Waals surface area contributed by atoms with E-state index in [2.05, 4.69) is 0 Å². The Kier molecular flexibility index (Phi) is 4.27. The molecule has 2 saturated carbocycles. The van der Waals surface area contributed by atoms with Gasteiger partial charge in [-0.1, -0.05) is 6.07 Å². The van der Waals surface area contributed by atoms with E-state index in [-0.39, 0.29) is 17.5 Å². The number of carbonyl (C=O) groups is 2. The van der Waals surface area contributed by atoms with Crippen molar-refractivity contribution in [2.75, 3.05) is 11.4 Å². The summed E-state index contributed by atoms with van der Waals surface area (Å²) in [7, 11) is 0. The number of carboxylic acid groups (broad SMARTS) is 1.